The lowest BCUT2D eigenvalue weighted by atomic mass is 9.94. The van der Waals surface area contributed by atoms with Crippen LogP contribution in [0.5, 0.6) is 0 Å². The average Bonchev–Trinajstić information content (AvgIpc) is 2.91. The van der Waals surface area contributed by atoms with Gasteiger partial charge in [0.2, 0.25) is 5.76 Å². The minimum atomic E-state index is -2.31. The van der Waals surface area contributed by atoms with Gasteiger partial charge in [0.15, 0.2) is 6.10 Å². The van der Waals surface area contributed by atoms with Crippen molar-refractivity contribution < 1.29 is 29.0 Å². The van der Waals surface area contributed by atoms with Crippen molar-refractivity contribution in [2.75, 3.05) is 0 Å². The first-order chi connectivity index (χ1) is 17.5. The minimum Gasteiger partial charge on any atom is -0.483 e. The highest BCUT2D eigenvalue weighted by Gasteiger charge is 2.60. The van der Waals surface area contributed by atoms with Gasteiger partial charge < -0.3 is 19.3 Å². The molecule has 0 bridgehead atoms. The molecule has 1 N–H and O–H groups in total. The van der Waals surface area contributed by atoms with E-state index >= 15 is 0 Å². The maximum absolute atomic E-state index is 12.7. The normalized spacial score (nSPS) is 19.2. The molecule has 0 saturated heterocycles. The number of nitro groups is 1. The van der Waals surface area contributed by atoms with Crippen molar-refractivity contribution in [2.45, 2.75) is 31.6 Å². The quantitative estimate of drug-likeness (QED) is 0.233. The van der Waals surface area contributed by atoms with Crippen LogP contribution in [0.4, 0.5) is 0 Å². The second-order valence-electron chi connectivity index (χ2n) is 8.16. The third-order valence-corrected chi connectivity index (χ3v) is 5.69. The molecule has 3 aromatic rings. The second kappa shape index (κ2) is 11.4. The van der Waals surface area contributed by atoms with Gasteiger partial charge in [-0.25, -0.2) is 4.79 Å². The Labute approximate surface area is 208 Å². The molecule has 2 unspecified atom stereocenters. The molecule has 0 fully saturated rings. The van der Waals surface area contributed by atoms with Gasteiger partial charge in [0.05, 0.1) is 23.7 Å². The highest BCUT2D eigenvalue weighted by atomic mass is 16.7. The minimum absolute atomic E-state index is 0.00512. The van der Waals surface area contributed by atoms with Gasteiger partial charge in [-0.1, -0.05) is 91.0 Å². The summed E-state index contributed by atoms with van der Waals surface area (Å²) in [6, 6.07) is 27.2. The average molecular weight is 488 g/mol. The van der Waals surface area contributed by atoms with Gasteiger partial charge in [0.1, 0.15) is 6.61 Å². The van der Waals surface area contributed by atoms with Crippen LogP contribution in [-0.4, -0.2) is 27.8 Å². The molecule has 0 spiro atoms. The molecule has 0 radical (unpaired) electrons. The van der Waals surface area contributed by atoms with Gasteiger partial charge in [-0.3, -0.25) is 10.1 Å². The molecule has 0 heterocycles. The van der Waals surface area contributed by atoms with E-state index in [0.29, 0.717) is 5.56 Å². The standard InChI is InChI=1S/C28H25NO7/c30-27(31)24-16-25(34-18-21-10-4-1-5-11-21)28(29(32)33,36-20-23-14-8-3-9-15-23)26(17-24)35-19-22-12-6-2-7-13-22/h1-17,25H,18-20H2,(H,30,31). The second-order valence-corrected chi connectivity index (χ2v) is 8.16. The van der Waals surface area contributed by atoms with E-state index in [0.717, 1.165) is 17.2 Å². The molecular weight excluding hydrogens is 462 g/mol. The fourth-order valence-electron chi connectivity index (χ4n) is 3.81. The molecule has 8 heteroatoms. The van der Waals surface area contributed by atoms with Crippen molar-refractivity contribution in [3.05, 3.63) is 141 Å². The number of carbonyl (C=O) groups is 1. The number of rotatable bonds is 11. The van der Waals surface area contributed by atoms with Gasteiger partial charge >= 0.3 is 11.7 Å². The Balaban J connectivity index is 1.72. The lowest BCUT2D eigenvalue weighted by Crippen LogP contribution is -2.55. The largest absolute Gasteiger partial charge is 0.483 e. The molecule has 8 nitrogen and oxygen atoms in total. The summed E-state index contributed by atoms with van der Waals surface area (Å²) >= 11 is 0. The lowest BCUT2D eigenvalue weighted by molar-refractivity contribution is -0.636. The van der Waals surface area contributed by atoms with Crippen molar-refractivity contribution >= 4 is 5.97 Å². The van der Waals surface area contributed by atoms with Crippen LogP contribution in [0.15, 0.2) is 114 Å². The SMILES string of the molecule is O=C(O)C1=CC(OCc2ccccc2)C(OCc2ccccc2)([N+](=O)[O-])C(OCc2ccccc2)=C1. The summed E-state index contributed by atoms with van der Waals surface area (Å²) in [7, 11) is 0. The molecule has 0 aliphatic heterocycles. The number of benzene rings is 3. The van der Waals surface area contributed by atoms with E-state index in [9.17, 15) is 20.0 Å². The number of aliphatic carboxylic acids is 1. The summed E-state index contributed by atoms with van der Waals surface area (Å²) in [6.45, 7) is -0.129. The van der Waals surface area contributed by atoms with E-state index in [2.05, 4.69) is 0 Å². The van der Waals surface area contributed by atoms with Crippen LogP contribution in [0.1, 0.15) is 16.7 Å². The van der Waals surface area contributed by atoms with Crippen LogP contribution < -0.4 is 0 Å². The molecule has 184 valence electrons. The van der Waals surface area contributed by atoms with Crippen molar-refractivity contribution in [2.24, 2.45) is 0 Å². The highest BCUT2D eigenvalue weighted by molar-refractivity contribution is 5.90. The molecule has 4 rings (SSSR count). The van der Waals surface area contributed by atoms with E-state index < -0.39 is 22.7 Å². The Hall–Kier alpha value is -4.27. The molecule has 1 aliphatic carbocycles. The number of hydrogen-bond donors (Lipinski definition) is 1. The van der Waals surface area contributed by atoms with Crippen LogP contribution >= 0.6 is 0 Å². The van der Waals surface area contributed by atoms with E-state index in [1.165, 1.54) is 6.08 Å². The smallest absolute Gasteiger partial charge is 0.412 e. The molecule has 3 aromatic carbocycles. The van der Waals surface area contributed by atoms with Crippen LogP contribution in [0, 0.1) is 10.1 Å². The molecule has 0 saturated carbocycles. The zero-order valence-electron chi connectivity index (χ0n) is 19.4. The monoisotopic (exact) mass is 487 g/mol. The predicted octanol–water partition coefficient (Wildman–Crippen LogP) is 4.89. The fourth-order valence-corrected chi connectivity index (χ4v) is 3.81. The summed E-state index contributed by atoms with van der Waals surface area (Å²) in [5.74, 6) is -1.51. The van der Waals surface area contributed by atoms with Crippen molar-refractivity contribution in [1.29, 1.82) is 0 Å². The molecular formula is C28H25NO7. The summed E-state index contributed by atoms with van der Waals surface area (Å²) in [4.78, 5) is 24.0. The third-order valence-electron chi connectivity index (χ3n) is 5.69. The van der Waals surface area contributed by atoms with Crippen LogP contribution in [0.2, 0.25) is 0 Å². The third kappa shape index (κ3) is 5.68. The predicted molar refractivity (Wildman–Crippen MR) is 131 cm³/mol. The van der Waals surface area contributed by atoms with E-state index in [1.54, 1.807) is 36.4 Å². The van der Waals surface area contributed by atoms with Crippen molar-refractivity contribution in [3.8, 4) is 0 Å². The van der Waals surface area contributed by atoms with Gasteiger partial charge in [0.25, 0.3) is 0 Å². The first kappa shape index (κ1) is 24.8. The molecule has 0 amide bonds. The Morgan fingerprint density at radius 1 is 0.833 bits per heavy atom. The van der Waals surface area contributed by atoms with Gasteiger partial charge in [0, 0.05) is 6.08 Å². The van der Waals surface area contributed by atoms with Crippen molar-refractivity contribution in [1.82, 2.24) is 0 Å². The highest BCUT2D eigenvalue weighted by Crippen LogP contribution is 2.37. The molecule has 1 aliphatic rings. The number of carboxylic acids is 1. The molecule has 36 heavy (non-hydrogen) atoms. The lowest BCUT2D eigenvalue weighted by Gasteiger charge is -2.34. The number of ether oxygens (including phenoxy) is 3. The number of carboxylic acid groups (broad SMARTS) is 1. The van der Waals surface area contributed by atoms with Crippen LogP contribution in [-0.2, 0) is 38.8 Å². The Bertz CT molecular complexity index is 1240. The summed E-state index contributed by atoms with van der Waals surface area (Å²) in [5, 5.41) is 22.4. The van der Waals surface area contributed by atoms with Gasteiger partial charge in [-0.05, 0) is 22.8 Å². The molecule has 0 aromatic heterocycles. The van der Waals surface area contributed by atoms with Gasteiger partial charge in [-0.2, -0.15) is 0 Å². The van der Waals surface area contributed by atoms with Crippen molar-refractivity contribution in [3.63, 3.8) is 0 Å². The Morgan fingerprint density at radius 2 is 1.33 bits per heavy atom. The van der Waals surface area contributed by atoms with Gasteiger partial charge in [-0.15, -0.1) is 0 Å². The first-order valence-electron chi connectivity index (χ1n) is 11.3. The Morgan fingerprint density at radius 3 is 1.83 bits per heavy atom. The zero-order chi connectivity index (χ0) is 25.4. The summed E-state index contributed by atoms with van der Waals surface area (Å²) in [6.07, 6.45) is 0.967. The topological polar surface area (TPSA) is 108 Å². The van der Waals surface area contributed by atoms with Crippen LogP contribution in [0.3, 0.4) is 0 Å². The maximum atomic E-state index is 12.7. The number of nitrogens with zero attached hydrogens (tertiary/aromatic N) is 1. The zero-order valence-corrected chi connectivity index (χ0v) is 19.4. The summed E-state index contributed by atoms with van der Waals surface area (Å²) in [5.41, 5.74) is -0.262. The number of hydrogen-bond acceptors (Lipinski definition) is 6. The van der Waals surface area contributed by atoms with E-state index in [4.69, 9.17) is 14.2 Å². The molecule has 2 atom stereocenters. The van der Waals surface area contributed by atoms with E-state index in [-0.39, 0.29) is 31.2 Å². The fraction of sp³-hybridized carbons (Fsp3) is 0.179. The van der Waals surface area contributed by atoms with Crippen LogP contribution in [0.25, 0.3) is 0 Å². The van der Waals surface area contributed by atoms with E-state index in [1.807, 2.05) is 54.6 Å². The Kier molecular flexibility index (Phi) is 7.89. The first-order valence-corrected chi connectivity index (χ1v) is 11.3. The summed E-state index contributed by atoms with van der Waals surface area (Å²) < 4.78 is 17.9. The maximum Gasteiger partial charge on any atom is 0.412 e.